The van der Waals surface area contributed by atoms with Gasteiger partial charge in [0, 0.05) is 32.5 Å². The molecule has 1 unspecified atom stereocenters. The van der Waals surface area contributed by atoms with Gasteiger partial charge < -0.3 is 14.4 Å². The first kappa shape index (κ1) is 15.5. The molecule has 1 N–H and O–H groups in total. The van der Waals surface area contributed by atoms with Gasteiger partial charge in [-0.1, -0.05) is 13.8 Å². The summed E-state index contributed by atoms with van der Waals surface area (Å²) in [5, 5.41) is 10.7. The van der Waals surface area contributed by atoms with Gasteiger partial charge in [0.15, 0.2) is 0 Å². The van der Waals surface area contributed by atoms with Gasteiger partial charge >= 0.3 is 0 Å². The maximum atomic E-state index is 10.7. The van der Waals surface area contributed by atoms with Crippen molar-refractivity contribution in [2.75, 3.05) is 7.11 Å². The number of aryl methyl sites for hydroxylation is 1. The van der Waals surface area contributed by atoms with Crippen LogP contribution >= 0.6 is 0 Å². The van der Waals surface area contributed by atoms with Crippen molar-refractivity contribution in [3.63, 3.8) is 0 Å². The van der Waals surface area contributed by atoms with E-state index in [1.54, 1.807) is 13.3 Å². The minimum absolute atomic E-state index is 0.365. The van der Waals surface area contributed by atoms with Crippen molar-refractivity contribution in [2.45, 2.75) is 71.1 Å². The van der Waals surface area contributed by atoms with Gasteiger partial charge in [-0.05, 0) is 38.0 Å². The van der Waals surface area contributed by atoms with Crippen LogP contribution in [0.5, 0.6) is 0 Å². The van der Waals surface area contributed by atoms with Crippen molar-refractivity contribution in [1.82, 2.24) is 9.55 Å². The lowest BCUT2D eigenvalue weighted by Gasteiger charge is -2.45. The fraction of sp³-hybridized carbons (Fsp3) is 0.812. The monoisotopic (exact) mass is 280 g/mol. The number of aliphatic hydroxyl groups excluding tert-OH is 1. The van der Waals surface area contributed by atoms with Crippen LogP contribution < -0.4 is 0 Å². The SMILES string of the molecule is CCn1ccnc1CC(O)C1(OC)CCC(C)(C)CC1. The molecule has 114 valence electrons. The van der Waals surface area contributed by atoms with Crippen LogP contribution in [-0.4, -0.2) is 33.5 Å². The molecule has 1 heterocycles. The highest BCUT2D eigenvalue weighted by atomic mass is 16.5. The number of nitrogens with zero attached hydrogens (tertiary/aromatic N) is 2. The summed E-state index contributed by atoms with van der Waals surface area (Å²) in [4.78, 5) is 4.36. The van der Waals surface area contributed by atoms with E-state index in [4.69, 9.17) is 4.74 Å². The van der Waals surface area contributed by atoms with Crippen LogP contribution in [0, 0.1) is 5.41 Å². The van der Waals surface area contributed by atoms with Crippen molar-refractivity contribution in [3.05, 3.63) is 18.2 Å². The predicted octanol–water partition coefficient (Wildman–Crippen LogP) is 2.79. The molecule has 4 heteroatoms. The van der Waals surface area contributed by atoms with Crippen LogP contribution in [-0.2, 0) is 17.7 Å². The Morgan fingerprint density at radius 2 is 2.00 bits per heavy atom. The van der Waals surface area contributed by atoms with E-state index in [0.717, 1.165) is 38.1 Å². The number of imidazole rings is 1. The average molecular weight is 280 g/mol. The summed E-state index contributed by atoms with van der Waals surface area (Å²) >= 11 is 0. The number of hydrogen-bond acceptors (Lipinski definition) is 3. The maximum Gasteiger partial charge on any atom is 0.111 e. The molecule has 1 atom stereocenters. The van der Waals surface area contributed by atoms with Gasteiger partial charge in [-0.25, -0.2) is 4.98 Å². The van der Waals surface area contributed by atoms with Crippen molar-refractivity contribution < 1.29 is 9.84 Å². The van der Waals surface area contributed by atoms with Gasteiger partial charge in [0.2, 0.25) is 0 Å². The third kappa shape index (κ3) is 3.07. The van der Waals surface area contributed by atoms with E-state index in [9.17, 15) is 5.11 Å². The van der Waals surface area contributed by atoms with Crippen LogP contribution in [0.3, 0.4) is 0 Å². The standard InChI is InChI=1S/C16H28N2O2/c1-5-18-11-10-17-14(18)12-13(19)16(20-4)8-6-15(2,3)7-9-16/h10-11,13,19H,5-9,12H2,1-4H3. The van der Waals surface area contributed by atoms with Crippen LogP contribution in [0.4, 0.5) is 0 Å². The third-order valence-electron chi connectivity index (χ3n) is 4.98. The van der Waals surface area contributed by atoms with Gasteiger partial charge in [0.1, 0.15) is 5.82 Å². The minimum Gasteiger partial charge on any atom is -0.390 e. The zero-order valence-electron chi connectivity index (χ0n) is 13.2. The zero-order chi connectivity index (χ0) is 14.8. The van der Waals surface area contributed by atoms with Gasteiger partial charge in [-0.3, -0.25) is 0 Å². The summed E-state index contributed by atoms with van der Waals surface area (Å²) in [6, 6.07) is 0. The molecule has 0 saturated heterocycles. The van der Waals surface area contributed by atoms with E-state index < -0.39 is 11.7 Å². The van der Waals surface area contributed by atoms with Gasteiger partial charge in [-0.2, -0.15) is 0 Å². The quantitative estimate of drug-likeness (QED) is 0.902. The predicted molar refractivity (Wildman–Crippen MR) is 79.6 cm³/mol. The van der Waals surface area contributed by atoms with Crippen LogP contribution in [0.25, 0.3) is 0 Å². The maximum absolute atomic E-state index is 10.7. The lowest BCUT2D eigenvalue weighted by atomic mass is 9.68. The van der Waals surface area contributed by atoms with E-state index in [1.807, 2.05) is 6.20 Å². The molecule has 1 aliphatic carbocycles. The molecule has 0 spiro atoms. The summed E-state index contributed by atoms with van der Waals surface area (Å²) in [7, 11) is 1.73. The summed E-state index contributed by atoms with van der Waals surface area (Å²) in [6.07, 6.45) is 7.88. The summed E-state index contributed by atoms with van der Waals surface area (Å²) in [6.45, 7) is 7.56. The number of methoxy groups -OCH3 is 1. The van der Waals surface area contributed by atoms with Gasteiger partial charge in [0.25, 0.3) is 0 Å². The fourth-order valence-corrected chi connectivity index (χ4v) is 3.20. The lowest BCUT2D eigenvalue weighted by molar-refractivity contribution is -0.136. The Labute approximate surface area is 122 Å². The largest absolute Gasteiger partial charge is 0.390 e. The Morgan fingerprint density at radius 3 is 2.55 bits per heavy atom. The van der Waals surface area contributed by atoms with E-state index in [1.165, 1.54) is 0 Å². The Hall–Kier alpha value is -0.870. The molecular weight excluding hydrogens is 252 g/mol. The molecule has 0 amide bonds. The Balaban J connectivity index is 2.08. The average Bonchev–Trinajstić information content (AvgIpc) is 2.86. The molecule has 0 radical (unpaired) electrons. The second-order valence-electron chi connectivity index (χ2n) is 6.78. The lowest BCUT2D eigenvalue weighted by Crippen LogP contribution is -2.49. The molecular formula is C16H28N2O2. The van der Waals surface area contributed by atoms with E-state index in [0.29, 0.717) is 11.8 Å². The first-order chi connectivity index (χ1) is 9.42. The molecule has 2 rings (SSSR count). The number of aliphatic hydroxyl groups is 1. The van der Waals surface area contributed by atoms with Gasteiger partial charge in [0.05, 0.1) is 11.7 Å². The number of aromatic nitrogens is 2. The van der Waals surface area contributed by atoms with Crippen molar-refractivity contribution in [3.8, 4) is 0 Å². The first-order valence-electron chi connectivity index (χ1n) is 7.66. The molecule has 1 aromatic heterocycles. The molecule has 0 aliphatic heterocycles. The van der Waals surface area contributed by atoms with E-state index >= 15 is 0 Å². The summed E-state index contributed by atoms with van der Waals surface area (Å²) in [5.74, 6) is 0.946. The second kappa shape index (κ2) is 5.86. The van der Waals surface area contributed by atoms with Crippen molar-refractivity contribution >= 4 is 0 Å². The Bertz CT molecular complexity index is 429. The summed E-state index contributed by atoms with van der Waals surface area (Å²) < 4.78 is 7.85. The van der Waals surface area contributed by atoms with Crippen LogP contribution in [0.1, 0.15) is 52.3 Å². The Kier molecular flexibility index (Phi) is 4.55. The highest BCUT2D eigenvalue weighted by Crippen LogP contribution is 2.43. The van der Waals surface area contributed by atoms with Crippen LogP contribution in [0.15, 0.2) is 12.4 Å². The molecule has 1 fully saturated rings. The van der Waals surface area contributed by atoms with Crippen molar-refractivity contribution in [2.24, 2.45) is 5.41 Å². The van der Waals surface area contributed by atoms with E-state index in [-0.39, 0.29) is 0 Å². The van der Waals surface area contributed by atoms with Crippen molar-refractivity contribution in [1.29, 1.82) is 0 Å². The Morgan fingerprint density at radius 1 is 1.35 bits per heavy atom. The fourth-order valence-electron chi connectivity index (χ4n) is 3.20. The normalized spacial score (nSPS) is 22.6. The number of hydrogen-bond donors (Lipinski definition) is 1. The molecule has 1 aromatic rings. The molecule has 4 nitrogen and oxygen atoms in total. The molecule has 0 bridgehead atoms. The number of ether oxygens (including phenoxy) is 1. The molecule has 1 saturated carbocycles. The first-order valence-corrected chi connectivity index (χ1v) is 7.66. The van der Waals surface area contributed by atoms with E-state index in [2.05, 4.69) is 30.3 Å². The highest BCUT2D eigenvalue weighted by Gasteiger charge is 2.44. The molecule has 1 aliphatic rings. The molecule has 0 aromatic carbocycles. The zero-order valence-corrected chi connectivity index (χ0v) is 13.2. The third-order valence-corrected chi connectivity index (χ3v) is 4.98. The second-order valence-corrected chi connectivity index (χ2v) is 6.78. The highest BCUT2D eigenvalue weighted by molar-refractivity contribution is 5.02. The minimum atomic E-state index is -0.490. The number of rotatable bonds is 5. The van der Waals surface area contributed by atoms with Crippen LogP contribution in [0.2, 0.25) is 0 Å². The molecule has 20 heavy (non-hydrogen) atoms. The van der Waals surface area contributed by atoms with Gasteiger partial charge in [-0.15, -0.1) is 0 Å². The summed E-state index contributed by atoms with van der Waals surface area (Å²) in [5.41, 5.74) is -0.0380. The smallest absolute Gasteiger partial charge is 0.111 e. The topological polar surface area (TPSA) is 47.3 Å².